The molecule has 3 aromatic carbocycles. The van der Waals surface area contributed by atoms with Crippen molar-refractivity contribution in [1.82, 2.24) is 61.7 Å². The van der Waals surface area contributed by atoms with E-state index < -0.39 is 71.9 Å². The van der Waals surface area contributed by atoms with Crippen LogP contribution in [0, 0.1) is 0 Å². The molecule has 16 N–H and O–H groups in total. The fraction of sp³-hybridized carbons (Fsp3) is 0.541. The Labute approximate surface area is 529 Å². The highest BCUT2D eigenvalue weighted by Gasteiger charge is 2.35. The van der Waals surface area contributed by atoms with Crippen LogP contribution in [-0.4, -0.2) is 251 Å². The Morgan fingerprint density at radius 1 is 0.560 bits per heavy atom. The second-order valence-electron chi connectivity index (χ2n) is 22.5. The zero-order valence-corrected chi connectivity index (χ0v) is 51.7. The van der Waals surface area contributed by atoms with Crippen LogP contribution in [0.25, 0.3) is 0 Å². The quantitative estimate of drug-likeness (QED) is 0.0182. The van der Waals surface area contributed by atoms with E-state index in [1.807, 2.05) is 53.4 Å². The van der Waals surface area contributed by atoms with Crippen LogP contribution in [0.2, 0.25) is 0 Å². The topological polar surface area (TPSA) is 426 Å². The van der Waals surface area contributed by atoms with Gasteiger partial charge in [-0.1, -0.05) is 55.5 Å². The molecule has 5 rings (SSSR count). The average molecular weight is 1270 g/mol. The molecule has 1 saturated heterocycles. The Morgan fingerprint density at radius 3 is 1.69 bits per heavy atom. The molecule has 0 unspecified atom stereocenters. The molecule has 2 heterocycles. The maximum Gasteiger partial charge on any atom is 0.344 e. The van der Waals surface area contributed by atoms with Gasteiger partial charge in [0, 0.05) is 123 Å². The number of aliphatic imine (C=N–C) groups is 1. The summed E-state index contributed by atoms with van der Waals surface area (Å²) < 4.78 is 0. The summed E-state index contributed by atoms with van der Waals surface area (Å²) in [4.78, 5) is 126. The first-order chi connectivity index (χ1) is 43.6. The summed E-state index contributed by atoms with van der Waals surface area (Å²) in [6.07, 6.45) is -1.31. The van der Waals surface area contributed by atoms with Gasteiger partial charge in [0.1, 0.15) is 17.8 Å². The van der Waals surface area contributed by atoms with E-state index in [1.165, 1.54) is 12.1 Å². The van der Waals surface area contributed by atoms with Crippen LogP contribution in [0.4, 0.5) is 10.5 Å². The van der Waals surface area contributed by atoms with Gasteiger partial charge in [-0.15, -0.1) is 0 Å². The molecular formula is C61H91N15O15. The van der Waals surface area contributed by atoms with Gasteiger partial charge in [0.15, 0.2) is 5.96 Å². The lowest BCUT2D eigenvalue weighted by Crippen LogP contribution is -2.50. The normalized spacial score (nSPS) is 16.1. The van der Waals surface area contributed by atoms with Crippen molar-refractivity contribution in [3.05, 3.63) is 95.1 Å². The molecule has 2 aliphatic rings. The number of carboxylic acids is 3. The lowest BCUT2D eigenvalue weighted by molar-refractivity contribution is -0.140. The Kier molecular flexibility index (Phi) is 31.8. The van der Waals surface area contributed by atoms with Crippen molar-refractivity contribution in [2.24, 2.45) is 10.7 Å². The number of benzene rings is 3. The van der Waals surface area contributed by atoms with Crippen molar-refractivity contribution in [3.63, 3.8) is 0 Å². The monoisotopic (exact) mass is 1270 g/mol. The molecule has 30 heteroatoms. The fourth-order valence-electron chi connectivity index (χ4n) is 10.3. The van der Waals surface area contributed by atoms with E-state index in [9.17, 15) is 73.8 Å². The van der Waals surface area contributed by atoms with E-state index in [0.717, 1.165) is 16.7 Å². The van der Waals surface area contributed by atoms with Crippen LogP contribution in [0.1, 0.15) is 80.2 Å². The third-order valence-electron chi connectivity index (χ3n) is 15.1. The minimum atomic E-state index is -1.18. The predicted molar refractivity (Wildman–Crippen MR) is 336 cm³/mol. The van der Waals surface area contributed by atoms with Gasteiger partial charge in [0.05, 0.1) is 44.8 Å². The first-order valence-corrected chi connectivity index (χ1v) is 30.7. The minimum absolute atomic E-state index is 0.0463. The summed E-state index contributed by atoms with van der Waals surface area (Å²) in [5.41, 5.74) is 10.2. The van der Waals surface area contributed by atoms with Gasteiger partial charge in [-0.2, -0.15) is 4.99 Å². The van der Waals surface area contributed by atoms with Crippen LogP contribution in [0.5, 0.6) is 5.75 Å². The molecular weight excluding hydrogens is 1180 g/mol. The molecule has 0 radical (unpaired) electrons. The Bertz CT molecular complexity index is 2830. The number of aliphatic carboxylic acids is 3. The molecule has 91 heavy (non-hydrogen) atoms. The zero-order chi connectivity index (χ0) is 66.1. The van der Waals surface area contributed by atoms with Crippen LogP contribution < -0.4 is 48.3 Å². The van der Waals surface area contributed by atoms with Crippen molar-refractivity contribution >= 4 is 65.1 Å². The molecule has 30 nitrogen and oxygen atoms in total. The van der Waals surface area contributed by atoms with Gasteiger partial charge in [-0.05, 0) is 78.6 Å². The number of carbonyl (C=O) groups is 9. The smallest absolute Gasteiger partial charge is 0.344 e. The third-order valence-corrected chi connectivity index (χ3v) is 15.1. The lowest BCUT2D eigenvalue weighted by Gasteiger charge is -2.32. The average Bonchev–Trinajstić information content (AvgIpc) is 1.76. The maximum absolute atomic E-state index is 14.8. The Morgan fingerprint density at radius 2 is 1.11 bits per heavy atom. The number of fused-ring (bicyclic) bond motifs is 1. The summed E-state index contributed by atoms with van der Waals surface area (Å²) in [6.45, 7) is 4.95. The Hall–Kier alpha value is -8.52. The molecule has 1 fully saturated rings. The molecule has 500 valence electrons. The summed E-state index contributed by atoms with van der Waals surface area (Å²) in [5.74, 6) is -5.15. The minimum Gasteiger partial charge on any atom is -0.508 e. The number of rotatable bonds is 35. The van der Waals surface area contributed by atoms with Gasteiger partial charge in [-0.25, -0.2) is 4.79 Å². The van der Waals surface area contributed by atoms with Gasteiger partial charge < -0.3 is 78.9 Å². The first kappa shape index (κ1) is 73.2. The van der Waals surface area contributed by atoms with E-state index >= 15 is 0 Å². The number of nitrogens with one attached hydrogen (secondary N) is 8. The van der Waals surface area contributed by atoms with Gasteiger partial charge in [0.25, 0.3) is 0 Å². The zero-order valence-electron chi connectivity index (χ0n) is 51.7. The number of carbonyl (C=O) groups excluding carboxylic acids is 6. The second kappa shape index (κ2) is 39.6. The lowest BCUT2D eigenvalue weighted by atomic mass is 10.0. The predicted octanol–water partition coefficient (Wildman–Crippen LogP) is -1.43. The third kappa shape index (κ3) is 28.9. The number of hydrogen-bond acceptors (Lipinski definition) is 18. The molecule has 0 spiro atoms. The number of urea groups is 1. The highest BCUT2D eigenvalue weighted by atomic mass is 16.4. The number of nitrogens with two attached hydrogens (primary N) is 1. The van der Waals surface area contributed by atoms with E-state index in [-0.39, 0.29) is 161 Å². The molecule has 2 aliphatic heterocycles. The van der Waals surface area contributed by atoms with Gasteiger partial charge >= 0.3 is 23.9 Å². The van der Waals surface area contributed by atoms with E-state index in [4.69, 9.17) is 5.73 Å². The number of aromatic hydroxyl groups is 1. The van der Waals surface area contributed by atoms with Crippen LogP contribution in [0.3, 0.4) is 0 Å². The first-order valence-electron chi connectivity index (χ1n) is 30.7. The fourth-order valence-corrected chi connectivity index (χ4v) is 10.3. The second-order valence-corrected chi connectivity index (χ2v) is 22.5. The van der Waals surface area contributed by atoms with Crippen LogP contribution >= 0.6 is 0 Å². The number of carboxylic acid groups (broad SMARTS) is 3. The summed E-state index contributed by atoms with van der Waals surface area (Å²) in [7, 11) is 0. The largest absolute Gasteiger partial charge is 0.508 e. The number of phenolic OH excluding ortho intramolecular Hbond substituents is 1. The van der Waals surface area contributed by atoms with E-state index in [0.29, 0.717) is 50.1 Å². The maximum atomic E-state index is 14.8. The number of aliphatic hydroxyl groups excluding tert-OH is 2. The number of anilines is 1. The highest BCUT2D eigenvalue weighted by Crippen LogP contribution is 2.33. The molecule has 0 bridgehead atoms. The van der Waals surface area contributed by atoms with Crippen molar-refractivity contribution in [2.75, 3.05) is 123 Å². The van der Waals surface area contributed by atoms with Crippen LogP contribution in [0.15, 0.2) is 77.8 Å². The number of guanidine groups is 1. The summed E-state index contributed by atoms with van der Waals surface area (Å²) in [5, 5.41) is 82.5. The van der Waals surface area contributed by atoms with Crippen molar-refractivity contribution < 1.29 is 73.8 Å². The van der Waals surface area contributed by atoms with Crippen molar-refractivity contribution in [2.45, 2.75) is 95.8 Å². The van der Waals surface area contributed by atoms with Crippen molar-refractivity contribution in [3.8, 4) is 5.75 Å². The number of phenols is 1. The van der Waals surface area contributed by atoms with E-state index in [1.54, 1.807) is 38.7 Å². The molecule has 0 aliphatic carbocycles. The number of amides is 7. The van der Waals surface area contributed by atoms with Gasteiger partial charge in [0.2, 0.25) is 29.5 Å². The van der Waals surface area contributed by atoms with E-state index in [2.05, 4.69) is 47.5 Å². The highest BCUT2D eigenvalue weighted by molar-refractivity contribution is 5.92. The standard InChI is InChI=1S/C61H91N15O15/c1-2-51(80)66-22-23-68-61(91)71-60(62)67-18-6-12-50(58(89)69-35-42-13-15-47(77)16-14-42)70-59(90)57(76-36-44-8-3-4-9-45(44)37-76)43-10-5-11-46(32-43)63-19-7-20-64-52(81)34-49(79)33-48(78)17-21-65-53(82)38-72-24-26-73(39-54(83)84)28-30-75(41-56(87)88)31-29-74(27-25-72)40-55(85)86/h3-5,8-11,13-16,32,48-50,57,63,77-79H,2,6-7,12,17-31,33-41H2,1H3,(H,64,81)(H,65,82)(H,66,80)(H,69,89)(H,70,90)(H,83,84)(H,85,86)(H,87,88)(H4,62,67,68,71,91)/t48-,49-,50-,57+/m1/s1. The number of aliphatic hydroxyl groups is 2. The summed E-state index contributed by atoms with van der Waals surface area (Å²) in [6, 6.07) is 19.0. The number of hydrogen-bond donors (Lipinski definition) is 15. The summed E-state index contributed by atoms with van der Waals surface area (Å²) >= 11 is 0. The molecule has 3 aromatic rings. The SMILES string of the molecule is CCC(=O)NCCNC(=O)/N=C(/N)NCCC[C@@H](NC(=O)[C@H](c1cccc(NCCCNC(=O)C[C@H](O)C[C@H](O)CCNC(=O)CN2CCN(CC(=O)O)CCN(CC(=O)O)CCN(CC(=O)O)CC2)c1)N1Cc2ccccc2C1)C(=O)NCc1ccc(O)cc1. The Balaban J connectivity index is 1.10. The molecule has 0 saturated carbocycles. The molecule has 4 atom stereocenters. The van der Waals surface area contributed by atoms with Gasteiger partial charge in [-0.3, -0.25) is 62.9 Å². The van der Waals surface area contributed by atoms with Crippen molar-refractivity contribution in [1.29, 1.82) is 0 Å². The molecule has 0 aromatic heterocycles. The van der Waals surface area contributed by atoms with Crippen LogP contribution in [-0.2, 0) is 58.0 Å². The number of nitrogens with zero attached hydrogens (tertiary/aromatic N) is 6. The molecule has 7 amide bonds.